The van der Waals surface area contributed by atoms with Crippen LogP contribution in [0.25, 0.3) is 10.9 Å². The normalized spacial score (nSPS) is 11.2. The van der Waals surface area contributed by atoms with Gasteiger partial charge in [-0.2, -0.15) is 5.26 Å². The average Bonchev–Trinajstić information content (AvgIpc) is 2.88. The number of pyridine rings is 2. The van der Waals surface area contributed by atoms with Crippen LogP contribution in [0.4, 0.5) is 5.69 Å². The molecule has 0 saturated heterocycles. The Hall–Kier alpha value is -4.23. The molecule has 0 aliphatic carbocycles. The van der Waals surface area contributed by atoms with Crippen molar-refractivity contribution in [2.45, 2.75) is 39.2 Å². The maximum Gasteiger partial charge on any atom is 0.278 e. The number of unbranched alkanes of at least 4 members (excludes halogenated alkanes) is 3. The number of aromatic nitrogens is 2. The highest BCUT2D eigenvalue weighted by molar-refractivity contribution is 6.05. The number of fused-ring (bicyclic) bond motifs is 1. The van der Waals surface area contributed by atoms with Crippen LogP contribution in [0, 0.1) is 11.5 Å². The summed E-state index contributed by atoms with van der Waals surface area (Å²) in [6, 6.07) is 12.1. The number of nitrogens with zero attached hydrogens (tertiary/aromatic N) is 5. The molecule has 0 spiro atoms. The zero-order valence-electron chi connectivity index (χ0n) is 19.6. The smallest absolute Gasteiger partial charge is 0.278 e. The first-order chi connectivity index (χ1) is 17.0. The third-order valence-electron chi connectivity index (χ3n) is 5.46. The molecule has 0 bridgehead atoms. The molecule has 0 saturated carbocycles. The number of nitrogens with one attached hydrogen (secondary N) is 2. The van der Waals surface area contributed by atoms with E-state index in [0.717, 1.165) is 31.4 Å². The van der Waals surface area contributed by atoms with Gasteiger partial charge in [0.1, 0.15) is 0 Å². The van der Waals surface area contributed by atoms with Crippen molar-refractivity contribution in [1.29, 1.82) is 5.26 Å². The summed E-state index contributed by atoms with van der Waals surface area (Å²) in [5, 5.41) is 25.6. The molecule has 1 aromatic carbocycles. The second-order valence-corrected chi connectivity index (χ2v) is 7.83. The Morgan fingerprint density at radius 2 is 1.91 bits per heavy atom. The van der Waals surface area contributed by atoms with Crippen molar-refractivity contribution in [2.75, 3.05) is 18.4 Å². The average molecular weight is 476 g/mol. The number of hydrogen-bond acceptors (Lipinski definition) is 6. The molecule has 35 heavy (non-hydrogen) atoms. The molecule has 10 heteroatoms. The van der Waals surface area contributed by atoms with Gasteiger partial charge in [0, 0.05) is 49.2 Å². The Morgan fingerprint density at radius 1 is 1.17 bits per heavy atom. The van der Waals surface area contributed by atoms with Crippen molar-refractivity contribution in [3.63, 3.8) is 0 Å². The van der Waals surface area contributed by atoms with Gasteiger partial charge in [0.25, 0.3) is 11.5 Å². The molecule has 0 unspecified atom stereocenters. The van der Waals surface area contributed by atoms with E-state index in [1.54, 1.807) is 48.1 Å². The number of hydroxylamine groups is 2. The zero-order valence-corrected chi connectivity index (χ0v) is 19.6. The van der Waals surface area contributed by atoms with E-state index in [-0.39, 0.29) is 17.7 Å². The number of anilines is 1. The highest BCUT2D eigenvalue weighted by Crippen LogP contribution is 2.19. The fraction of sp³-hybridized carbons (Fsp3) is 0.320. The number of carbonyl (C=O) groups excluding carboxylic acids is 1. The summed E-state index contributed by atoms with van der Waals surface area (Å²) in [6.07, 6.45) is 8.62. The third kappa shape index (κ3) is 6.88. The largest absolute Gasteiger partial charge is 0.325 e. The van der Waals surface area contributed by atoms with Gasteiger partial charge in [0.05, 0.1) is 11.1 Å². The highest BCUT2D eigenvalue weighted by Gasteiger charge is 2.18. The number of aliphatic imine (C=N–C) groups is 1. The number of rotatable bonds is 10. The number of para-hydroxylation sites is 1. The van der Waals surface area contributed by atoms with Crippen LogP contribution in [0.2, 0.25) is 0 Å². The fourth-order valence-corrected chi connectivity index (χ4v) is 3.69. The van der Waals surface area contributed by atoms with E-state index >= 15 is 0 Å². The summed E-state index contributed by atoms with van der Waals surface area (Å²) in [4.78, 5) is 33.6. The van der Waals surface area contributed by atoms with Crippen molar-refractivity contribution in [3.8, 4) is 6.19 Å². The van der Waals surface area contributed by atoms with Crippen LogP contribution >= 0.6 is 0 Å². The summed E-state index contributed by atoms with van der Waals surface area (Å²) >= 11 is 0. The Labute approximate surface area is 203 Å². The van der Waals surface area contributed by atoms with E-state index in [0.29, 0.717) is 35.0 Å². The van der Waals surface area contributed by atoms with Crippen LogP contribution in [-0.4, -0.2) is 44.8 Å². The van der Waals surface area contributed by atoms with E-state index < -0.39 is 5.91 Å². The monoisotopic (exact) mass is 475 g/mol. The first-order valence-electron chi connectivity index (χ1n) is 11.5. The molecule has 0 atom stereocenters. The second kappa shape index (κ2) is 12.9. The zero-order chi connectivity index (χ0) is 25.0. The lowest BCUT2D eigenvalue weighted by Crippen LogP contribution is -2.30. The van der Waals surface area contributed by atoms with Gasteiger partial charge >= 0.3 is 0 Å². The van der Waals surface area contributed by atoms with Crippen molar-refractivity contribution in [1.82, 2.24) is 19.9 Å². The summed E-state index contributed by atoms with van der Waals surface area (Å²) in [6.45, 7) is 2.87. The van der Waals surface area contributed by atoms with Crippen molar-refractivity contribution >= 4 is 28.5 Å². The van der Waals surface area contributed by atoms with E-state index in [2.05, 4.69) is 20.6 Å². The quantitative estimate of drug-likeness (QED) is 0.0778. The van der Waals surface area contributed by atoms with Gasteiger partial charge in [-0.25, -0.2) is 5.06 Å². The lowest BCUT2D eigenvalue weighted by molar-refractivity contribution is -0.0540. The van der Waals surface area contributed by atoms with Gasteiger partial charge in [0.15, 0.2) is 6.19 Å². The standard InChI is InChI=1S/C25H29N7O3/c1-2-32(35)24(34)21-17-23(33)31(22-10-6-5-9-20(21)22)16-8-4-3-7-13-28-25(29-18-26)30-19-11-14-27-15-12-19/h5-6,9-12,14-15,17,35H,2-4,7-8,13,16H2,1H3,(H2,27,28,29,30). The minimum absolute atomic E-state index is 0.133. The number of benzene rings is 1. The number of aryl methyl sites for hydroxylation is 1. The summed E-state index contributed by atoms with van der Waals surface area (Å²) in [5.41, 5.74) is 1.39. The predicted octanol–water partition coefficient (Wildman–Crippen LogP) is 3.35. The molecule has 10 nitrogen and oxygen atoms in total. The number of guanidine groups is 1. The molecule has 182 valence electrons. The van der Waals surface area contributed by atoms with Crippen LogP contribution < -0.4 is 16.2 Å². The molecule has 0 aliphatic heterocycles. The first-order valence-corrected chi connectivity index (χ1v) is 11.5. The van der Waals surface area contributed by atoms with Gasteiger partial charge in [-0.15, -0.1) is 0 Å². The number of amides is 1. The van der Waals surface area contributed by atoms with Crippen molar-refractivity contribution < 1.29 is 10.0 Å². The number of hydrogen-bond donors (Lipinski definition) is 3. The molecular formula is C25H29N7O3. The van der Waals surface area contributed by atoms with Gasteiger partial charge in [-0.3, -0.25) is 30.1 Å². The number of nitriles is 1. The minimum Gasteiger partial charge on any atom is -0.325 e. The van der Waals surface area contributed by atoms with Gasteiger partial charge < -0.3 is 9.88 Å². The Kier molecular flexibility index (Phi) is 9.33. The summed E-state index contributed by atoms with van der Waals surface area (Å²) in [7, 11) is 0. The van der Waals surface area contributed by atoms with Gasteiger partial charge in [-0.1, -0.05) is 31.0 Å². The molecule has 0 aliphatic rings. The number of carbonyl (C=O) groups is 1. The molecule has 2 aromatic heterocycles. The first kappa shape index (κ1) is 25.4. The maximum absolute atomic E-state index is 12.8. The van der Waals surface area contributed by atoms with Crippen molar-refractivity contribution in [2.24, 2.45) is 4.99 Å². The molecule has 1 amide bonds. The molecule has 3 aromatic rings. The van der Waals surface area contributed by atoms with Crippen molar-refractivity contribution in [3.05, 3.63) is 70.8 Å². The van der Waals surface area contributed by atoms with Crippen LogP contribution in [0.5, 0.6) is 0 Å². The lowest BCUT2D eigenvalue weighted by atomic mass is 10.1. The SMILES string of the molecule is CCN(O)C(=O)c1cc(=O)n(CCCCCCN=C(NC#N)Nc2ccncc2)c2ccccc12. The van der Waals surface area contributed by atoms with E-state index in [1.165, 1.54) is 6.07 Å². The van der Waals surface area contributed by atoms with Crippen LogP contribution in [-0.2, 0) is 6.54 Å². The maximum atomic E-state index is 12.8. The van der Waals surface area contributed by atoms with E-state index in [9.17, 15) is 14.8 Å². The molecule has 3 rings (SSSR count). The molecule has 3 N–H and O–H groups in total. The second-order valence-electron chi connectivity index (χ2n) is 7.83. The Morgan fingerprint density at radius 3 is 2.66 bits per heavy atom. The van der Waals surface area contributed by atoms with Crippen LogP contribution in [0.15, 0.2) is 64.6 Å². The fourth-order valence-electron chi connectivity index (χ4n) is 3.69. The van der Waals surface area contributed by atoms with Gasteiger partial charge in [0.2, 0.25) is 5.96 Å². The van der Waals surface area contributed by atoms with Crippen LogP contribution in [0.1, 0.15) is 43.0 Å². The molecular weight excluding hydrogens is 446 g/mol. The molecule has 0 fully saturated rings. The predicted molar refractivity (Wildman–Crippen MR) is 134 cm³/mol. The molecule has 2 heterocycles. The van der Waals surface area contributed by atoms with E-state index in [1.807, 2.05) is 18.3 Å². The van der Waals surface area contributed by atoms with Gasteiger partial charge in [-0.05, 0) is 38.0 Å². The topological polar surface area (TPSA) is 136 Å². The lowest BCUT2D eigenvalue weighted by Gasteiger charge is -2.16. The molecule has 0 radical (unpaired) electrons. The third-order valence-corrected chi connectivity index (χ3v) is 5.46. The summed E-state index contributed by atoms with van der Waals surface area (Å²) < 4.78 is 1.67. The Balaban J connectivity index is 1.55. The minimum atomic E-state index is -0.586. The Bertz CT molecular complexity index is 1270. The highest BCUT2D eigenvalue weighted by atomic mass is 16.5. The van der Waals surface area contributed by atoms with Crippen LogP contribution in [0.3, 0.4) is 0 Å². The van der Waals surface area contributed by atoms with E-state index in [4.69, 9.17) is 5.26 Å². The summed E-state index contributed by atoms with van der Waals surface area (Å²) in [5.74, 6) is -0.201.